The average Bonchev–Trinajstić information content (AvgIpc) is 2.44. The van der Waals surface area contributed by atoms with Gasteiger partial charge in [0, 0.05) is 10.0 Å². The number of para-hydroxylation sites is 1. The topological polar surface area (TPSA) is 33.5 Å². The third-order valence-electron chi connectivity index (χ3n) is 3.03. The van der Waals surface area contributed by atoms with Crippen molar-refractivity contribution in [2.75, 3.05) is 18.9 Å². The smallest absolute Gasteiger partial charge is 0.279 e. The van der Waals surface area contributed by atoms with Gasteiger partial charge < -0.3 is 10.2 Å². The molecule has 2 N–H and O–H groups in total. The first kappa shape index (κ1) is 15.7. The van der Waals surface area contributed by atoms with Crippen LogP contribution in [-0.4, -0.2) is 19.5 Å². The van der Waals surface area contributed by atoms with Gasteiger partial charge in [0.15, 0.2) is 6.54 Å². The van der Waals surface area contributed by atoms with Crippen LogP contribution in [0.25, 0.3) is 0 Å². The van der Waals surface area contributed by atoms with E-state index >= 15 is 0 Å². The molecule has 2 aromatic carbocycles. The maximum atomic E-state index is 12.8. The van der Waals surface area contributed by atoms with E-state index in [9.17, 15) is 9.18 Å². The molecule has 1 atom stereocenters. The van der Waals surface area contributed by atoms with Crippen LogP contribution in [-0.2, 0) is 11.3 Å². The fourth-order valence-corrected chi connectivity index (χ4v) is 2.43. The maximum Gasteiger partial charge on any atom is 0.279 e. The summed E-state index contributed by atoms with van der Waals surface area (Å²) in [6.07, 6.45) is 0. The summed E-state index contributed by atoms with van der Waals surface area (Å²) in [6, 6.07) is 13.8. The zero-order chi connectivity index (χ0) is 15.2. The molecule has 0 spiro atoms. The molecule has 2 aromatic rings. The van der Waals surface area contributed by atoms with E-state index in [1.54, 1.807) is 12.1 Å². The predicted octanol–water partition coefficient (Wildman–Crippen LogP) is 2.24. The molecule has 0 fully saturated rings. The van der Waals surface area contributed by atoms with E-state index < -0.39 is 0 Å². The number of quaternary nitrogens is 1. The van der Waals surface area contributed by atoms with Crippen LogP contribution in [0.2, 0.25) is 0 Å². The van der Waals surface area contributed by atoms with Crippen LogP contribution in [0.5, 0.6) is 0 Å². The minimum Gasteiger partial charge on any atom is -0.326 e. The lowest BCUT2D eigenvalue weighted by molar-refractivity contribution is -0.885. The van der Waals surface area contributed by atoms with Gasteiger partial charge in [-0.15, -0.1) is 0 Å². The molecule has 3 nitrogen and oxygen atoms in total. The fourth-order valence-electron chi connectivity index (χ4n) is 2.04. The highest BCUT2D eigenvalue weighted by molar-refractivity contribution is 9.10. The Kier molecular flexibility index (Phi) is 5.47. The summed E-state index contributed by atoms with van der Waals surface area (Å²) in [5.74, 6) is -0.301. The summed E-state index contributed by atoms with van der Waals surface area (Å²) in [7, 11) is 1.93. The number of nitrogens with one attached hydrogen (secondary N) is 2. The van der Waals surface area contributed by atoms with Crippen LogP contribution in [0.3, 0.4) is 0 Å². The van der Waals surface area contributed by atoms with Crippen molar-refractivity contribution in [3.63, 3.8) is 0 Å². The van der Waals surface area contributed by atoms with Gasteiger partial charge >= 0.3 is 0 Å². The summed E-state index contributed by atoms with van der Waals surface area (Å²) in [4.78, 5) is 13.0. The van der Waals surface area contributed by atoms with Crippen molar-refractivity contribution in [1.29, 1.82) is 0 Å². The molecule has 0 heterocycles. The monoisotopic (exact) mass is 351 g/mol. The largest absolute Gasteiger partial charge is 0.326 e. The van der Waals surface area contributed by atoms with E-state index in [1.165, 1.54) is 12.1 Å². The van der Waals surface area contributed by atoms with Crippen molar-refractivity contribution in [3.05, 3.63) is 64.4 Å². The number of carbonyl (C=O) groups is 1. The lowest BCUT2D eigenvalue weighted by atomic mass is 10.2. The molecule has 0 bridgehead atoms. The second-order valence-corrected chi connectivity index (χ2v) is 5.82. The number of likely N-dealkylation sites (N-methyl/N-ethyl adjacent to an activating group) is 1. The lowest BCUT2D eigenvalue weighted by Crippen LogP contribution is -3.08. The first-order valence-corrected chi connectivity index (χ1v) is 7.44. The Morgan fingerprint density at radius 2 is 1.86 bits per heavy atom. The van der Waals surface area contributed by atoms with Gasteiger partial charge in [-0.25, -0.2) is 4.39 Å². The van der Waals surface area contributed by atoms with Crippen LogP contribution >= 0.6 is 15.9 Å². The van der Waals surface area contributed by atoms with Gasteiger partial charge in [0.05, 0.1) is 12.7 Å². The van der Waals surface area contributed by atoms with Gasteiger partial charge in [0.25, 0.3) is 5.91 Å². The number of halogens is 2. The summed E-state index contributed by atoms with van der Waals surface area (Å²) in [5.41, 5.74) is 1.76. The SMILES string of the molecule is C[NH+](CC(=O)Nc1ccccc1Br)Cc1ccc(F)cc1. The van der Waals surface area contributed by atoms with Gasteiger partial charge in [-0.3, -0.25) is 4.79 Å². The molecule has 21 heavy (non-hydrogen) atoms. The van der Waals surface area contributed by atoms with Crippen molar-refractivity contribution in [2.45, 2.75) is 6.54 Å². The van der Waals surface area contributed by atoms with Gasteiger partial charge in [0.2, 0.25) is 0 Å². The number of amides is 1. The first-order chi connectivity index (χ1) is 10.0. The quantitative estimate of drug-likeness (QED) is 0.850. The third-order valence-corrected chi connectivity index (χ3v) is 3.72. The standard InChI is InChI=1S/C16H16BrFN2O/c1-20(10-12-6-8-13(18)9-7-12)11-16(21)19-15-5-3-2-4-14(15)17/h2-9H,10-11H2,1H3,(H,19,21)/p+1. The molecule has 2 rings (SSSR count). The van der Waals surface area contributed by atoms with Gasteiger partial charge in [-0.1, -0.05) is 24.3 Å². The average molecular weight is 352 g/mol. The van der Waals surface area contributed by atoms with Crippen molar-refractivity contribution in [3.8, 4) is 0 Å². The predicted molar refractivity (Wildman–Crippen MR) is 84.6 cm³/mol. The minimum absolute atomic E-state index is 0.0542. The Labute approximate surface area is 131 Å². The number of hydrogen-bond acceptors (Lipinski definition) is 1. The second-order valence-electron chi connectivity index (χ2n) is 4.97. The highest BCUT2D eigenvalue weighted by atomic mass is 79.9. The number of rotatable bonds is 5. The molecule has 1 amide bonds. The van der Waals surface area contributed by atoms with Crippen LogP contribution in [0, 0.1) is 5.82 Å². The highest BCUT2D eigenvalue weighted by Crippen LogP contribution is 2.20. The van der Waals surface area contributed by atoms with Crippen molar-refractivity contribution >= 4 is 27.5 Å². The Balaban J connectivity index is 1.87. The number of benzene rings is 2. The van der Waals surface area contributed by atoms with Crippen LogP contribution in [0.4, 0.5) is 10.1 Å². The first-order valence-electron chi connectivity index (χ1n) is 6.65. The zero-order valence-electron chi connectivity index (χ0n) is 11.7. The maximum absolute atomic E-state index is 12.8. The van der Waals surface area contributed by atoms with Crippen LogP contribution in [0.1, 0.15) is 5.56 Å². The number of anilines is 1. The van der Waals surface area contributed by atoms with Crippen molar-refractivity contribution < 1.29 is 14.1 Å². The summed E-state index contributed by atoms with van der Waals surface area (Å²) < 4.78 is 13.7. The van der Waals surface area contributed by atoms with Crippen LogP contribution in [0.15, 0.2) is 53.0 Å². The second kappa shape index (κ2) is 7.33. The molecule has 0 aliphatic heterocycles. The highest BCUT2D eigenvalue weighted by Gasteiger charge is 2.12. The van der Waals surface area contributed by atoms with E-state index in [0.29, 0.717) is 13.1 Å². The van der Waals surface area contributed by atoms with E-state index in [-0.39, 0.29) is 11.7 Å². The molecule has 0 saturated carbocycles. The van der Waals surface area contributed by atoms with E-state index in [2.05, 4.69) is 21.2 Å². The molecular weight excluding hydrogens is 335 g/mol. The molecule has 110 valence electrons. The van der Waals surface area contributed by atoms with Crippen molar-refractivity contribution in [1.82, 2.24) is 0 Å². The van der Waals surface area contributed by atoms with Crippen molar-refractivity contribution in [2.24, 2.45) is 0 Å². The Morgan fingerprint density at radius 3 is 2.52 bits per heavy atom. The molecule has 1 unspecified atom stereocenters. The molecule has 0 aliphatic rings. The molecule has 0 aliphatic carbocycles. The summed E-state index contributed by atoms with van der Waals surface area (Å²) in [6.45, 7) is 1.02. The Morgan fingerprint density at radius 1 is 1.19 bits per heavy atom. The Hall–Kier alpha value is -1.72. The molecule has 5 heteroatoms. The van der Waals surface area contributed by atoms with E-state index in [4.69, 9.17) is 0 Å². The van der Waals surface area contributed by atoms with Gasteiger partial charge in [-0.05, 0) is 40.2 Å². The lowest BCUT2D eigenvalue weighted by Gasteiger charge is -2.14. The van der Waals surface area contributed by atoms with E-state index in [0.717, 1.165) is 20.6 Å². The molecule has 0 radical (unpaired) electrons. The van der Waals surface area contributed by atoms with Crippen LogP contribution < -0.4 is 10.2 Å². The third kappa shape index (κ3) is 4.95. The molecule has 0 aromatic heterocycles. The van der Waals surface area contributed by atoms with E-state index in [1.807, 2.05) is 31.3 Å². The molecular formula is C16H17BrFN2O+. The number of hydrogen-bond donors (Lipinski definition) is 2. The normalized spacial score (nSPS) is 12.0. The summed E-state index contributed by atoms with van der Waals surface area (Å²) in [5, 5.41) is 2.87. The zero-order valence-corrected chi connectivity index (χ0v) is 13.3. The Bertz CT molecular complexity index is 616. The summed E-state index contributed by atoms with van der Waals surface area (Å²) >= 11 is 3.39. The minimum atomic E-state index is -0.247. The van der Waals surface area contributed by atoms with Gasteiger partial charge in [-0.2, -0.15) is 0 Å². The fraction of sp³-hybridized carbons (Fsp3) is 0.188. The van der Waals surface area contributed by atoms with Gasteiger partial charge in [0.1, 0.15) is 12.4 Å². The number of carbonyl (C=O) groups excluding carboxylic acids is 1. The molecule has 0 saturated heterocycles.